The van der Waals surface area contributed by atoms with Gasteiger partial charge in [-0.25, -0.2) is 0 Å². The van der Waals surface area contributed by atoms with Crippen molar-refractivity contribution in [1.82, 2.24) is 0 Å². The third-order valence-electron chi connectivity index (χ3n) is 3.51. The van der Waals surface area contributed by atoms with Gasteiger partial charge < -0.3 is 5.32 Å². The molecule has 1 nitrogen and oxygen atoms in total. The van der Waals surface area contributed by atoms with E-state index < -0.39 is 0 Å². The highest BCUT2D eigenvalue weighted by molar-refractivity contribution is 6.34. The monoisotopic (exact) mass is 307 g/mol. The molecule has 0 aromatic heterocycles. The summed E-state index contributed by atoms with van der Waals surface area (Å²) in [6.07, 6.45) is 1.16. The highest BCUT2D eigenvalue weighted by Crippen LogP contribution is 2.22. The van der Waals surface area contributed by atoms with Gasteiger partial charge >= 0.3 is 0 Å². The van der Waals surface area contributed by atoms with Crippen LogP contribution in [0.4, 0.5) is 5.69 Å². The Bertz CT molecular complexity index is 543. The van der Waals surface area contributed by atoms with Gasteiger partial charge in [0.05, 0.1) is 0 Å². The van der Waals surface area contributed by atoms with Gasteiger partial charge in [0.25, 0.3) is 0 Å². The van der Waals surface area contributed by atoms with Crippen molar-refractivity contribution in [3.63, 3.8) is 0 Å². The lowest BCUT2D eigenvalue weighted by atomic mass is 9.99. The lowest BCUT2D eigenvalue weighted by Gasteiger charge is -2.11. The number of benzene rings is 2. The second-order valence-corrected chi connectivity index (χ2v) is 5.94. The summed E-state index contributed by atoms with van der Waals surface area (Å²) >= 11 is 12.0. The Kier molecular flexibility index (Phi) is 5.33. The summed E-state index contributed by atoms with van der Waals surface area (Å²) in [7, 11) is 0. The first-order chi connectivity index (χ1) is 9.58. The summed E-state index contributed by atoms with van der Waals surface area (Å²) in [6, 6.07) is 14.2. The van der Waals surface area contributed by atoms with Gasteiger partial charge in [-0.2, -0.15) is 0 Å². The molecule has 3 heteroatoms. The Balaban J connectivity index is 2.00. The smallest absolute Gasteiger partial charge is 0.0424 e. The first-order valence-corrected chi connectivity index (χ1v) is 7.63. The largest absolute Gasteiger partial charge is 0.381 e. The first-order valence-electron chi connectivity index (χ1n) is 6.87. The standard InChI is InChI=1S/C17H19Cl2N/c1-3-12(2)14-4-6-17(7-5-14)20-11-13-8-15(18)10-16(19)9-13/h4-10,12,20H,3,11H2,1-2H3. The van der Waals surface area contributed by atoms with E-state index in [9.17, 15) is 0 Å². The van der Waals surface area contributed by atoms with Crippen LogP contribution in [0.15, 0.2) is 42.5 Å². The highest BCUT2D eigenvalue weighted by atomic mass is 35.5. The molecule has 0 fully saturated rings. The predicted octanol–water partition coefficient (Wildman–Crippen LogP) is 6.12. The average molecular weight is 308 g/mol. The van der Waals surface area contributed by atoms with Crippen molar-refractivity contribution in [1.29, 1.82) is 0 Å². The van der Waals surface area contributed by atoms with Crippen LogP contribution >= 0.6 is 23.2 Å². The lowest BCUT2D eigenvalue weighted by Crippen LogP contribution is -2.00. The third kappa shape index (κ3) is 4.16. The minimum Gasteiger partial charge on any atom is -0.381 e. The zero-order chi connectivity index (χ0) is 14.5. The summed E-state index contributed by atoms with van der Waals surface area (Å²) in [5, 5.41) is 4.72. The maximum Gasteiger partial charge on any atom is 0.0424 e. The van der Waals surface area contributed by atoms with Crippen molar-refractivity contribution in [2.24, 2.45) is 0 Å². The van der Waals surface area contributed by atoms with E-state index in [1.807, 2.05) is 12.1 Å². The summed E-state index contributed by atoms with van der Waals surface area (Å²) in [4.78, 5) is 0. The summed E-state index contributed by atoms with van der Waals surface area (Å²) in [5.74, 6) is 0.607. The Morgan fingerprint density at radius 3 is 2.15 bits per heavy atom. The summed E-state index contributed by atoms with van der Waals surface area (Å²) in [6.45, 7) is 5.17. The average Bonchev–Trinajstić information content (AvgIpc) is 2.44. The molecule has 106 valence electrons. The Morgan fingerprint density at radius 2 is 1.60 bits per heavy atom. The molecule has 0 aliphatic carbocycles. The van der Waals surface area contributed by atoms with Crippen molar-refractivity contribution in [3.05, 3.63) is 63.6 Å². The topological polar surface area (TPSA) is 12.0 Å². The molecular weight excluding hydrogens is 289 g/mol. The first kappa shape index (κ1) is 15.2. The quantitative estimate of drug-likeness (QED) is 0.701. The Hall–Kier alpha value is -1.18. The molecule has 20 heavy (non-hydrogen) atoms. The fraction of sp³-hybridized carbons (Fsp3) is 0.294. The van der Waals surface area contributed by atoms with E-state index in [0.29, 0.717) is 22.5 Å². The van der Waals surface area contributed by atoms with Crippen LogP contribution in [0.25, 0.3) is 0 Å². The van der Waals surface area contributed by atoms with Crippen LogP contribution in [-0.4, -0.2) is 0 Å². The van der Waals surface area contributed by atoms with Gasteiger partial charge in [-0.1, -0.05) is 49.2 Å². The molecule has 0 heterocycles. The predicted molar refractivity (Wildman–Crippen MR) is 88.9 cm³/mol. The van der Waals surface area contributed by atoms with Crippen molar-refractivity contribution in [2.75, 3.05) is 5.32 Å². The third-order valence-corrected chi connectivity index (χ3v) is 3.95. The second-order valence-electron chi connectivity index (χ2n) is 5.06. The van der Waals surface area contributed by atoms with Crippen molar-refractivity contribution in [3.8, 4) is 0 Å². The SMILES string of the molecule is CCC(C)c1ccc(NCc2cc(Cl)cc(Cl)c2)cc1. The molecule has 0 saturated carbocycles. The molecule has 1 unspecified atom stereocenters. The van der Waals surface area contributed by atoms with Gasteiger partial charge in [0.1, 0.15) is 0 Å². The number of halogens is 2. The lowest BCUT2D eigenvalue weighted by molar-refractivity contribution is 0.734. The molecule has 2 aromatic carbocycles. The van der Waals surface area contributed by atoms with Gasteiger partial charge in [-0.15, -0.1) is 0 Å². The van der Waals surface area contributed by atoms with E-state index >= 15 is 0 Å². The van der Waals surface area contributed by atoms with Crippen molar-refractivity contribution in [2.45, 2.75) is 32.7 Å². The van der Waals surface area contributed by atoms with Gasteiger partial charge in [-0.05, 0) is 53.8 Å². The maximum atomic E-state index is 5.99. The fourth-order valence-corrected chi connectivity index (χ4v) is 2.65. The number of nitrogens with one attached hydrogen (secondary N) is 1. The van der Waals surface area contributed by atoms with Gasteiger partial charge in [0, 0.05) is 22.3 Å². The minimum absolute atomic E-state index is 0.607. The molecule has 2 rings (SSSR count). The Morgan fingerprint density at radius 1 is 1.00 bits per heavy atom. The molecule has 0 radical (unpaired) electrons. The molecule has 1 N–H and O–H groups in total. The number of anilines is 1. The normalized spacial score (nSPS) is 12.2. The van der Waals surface area contributed by atoms with Gasteiger partial charge in [-0.3, -0.25) is 0 Å². The van der Waals surface area contributed by atoms with Crippen LogP contribution in [-0.2, 0) is 6.54 Å². The van der Waals surface area contributed by atoms with Gasteiger partial charge in [0.15, 0.2) is 0 Å². The summed E-state index contributed by atoms with van der Waals surface area (Å²) < 4.78 is 0. The van der Waals surface area contributed by atoms with Crippen molar-refractivity contribution >= 4 is 28.9 Å². The zero-order valence-electron chi connectivity index (χ0n) is 11.8. The highest BCUT2D eigenvalue weighted by Gasteiger charge is 2.03. The van der Waals surface area contributed by atoms with E-state index in [1.165, 1.54) is 5.56 Å². The molecule has 0 saturated heterocycles. The van der Waals surface area contributed by atoms with Crippen LogP contribution in [0.1, 0.15) is 37.3 Å². The molecule has 0 aliphatic heterocycles. The molecule has 0 amide bonds. The van der Waals surface area contributed by atoms with E-state index in [0.717, 1.165) is 17.7 Å². The minimum atomic E-state index is 0.607. The van der Waals surface area contributed by atoms with Crippen LogP contribution in [0.5, 0.6) is 0 Å². The number of rotatable bonds is 5. The zero-order valence-corrected chi connectivity index (χ0v) is 13.3. The molecule has 2 aromatic rings. The molecule has 0 aliphatic rings. The molecule has 0 bridgehead atoms. The van der Waals surface area contributed by atoms with E-state index in [1.54, 1.807) is 6.07 Å². The fourth-order valence-electron chi connectivity index (χ4n) is 2.08. The molecular formula is C17H19Cl2N. The van der Waals surface area contributed by atoms with Crippen LogP contribution in [0.2, 0.25) is 10.0 Å². The van der Waals surface area contributed by atoms with Crippen molar-refractivity contribution < 1.29 is 0 Å². The maximum absolute atomic E-state index is 5.99. The number of hydrogen-bond donors (Lipinski definition) is 1. The van der Waals surface area contributed by atoms with Crippen LogP contribution < -0.4 is 5.32 Å². The molecule has 1 atom stereocenters. The van der Waals surface area contributed by atoms with Crippen LogP contribution in [0, 0.1) is 0 Å². The van der Waals surface area contributed by atoms with E-state index in [4.69, 9.17) is 23.2 Å². The molecule has 0 spiro atoms. The van der Waals surface area contributed by atoms with Crippen LogP contribution in [0.3, 0.4) is 0 Å². The summed E-state index contributed by atoms with van der Waals surface area (Å²) in [5.41, 5.74) is 3.56. The Labute approximate surface area is 130 Å². The van der Waals surface area contributed by atoms with E-state index in [2.05, 4.69) is 43.4 Å². The van der Waals surface area contributed by atoms with Gasteiger partial charge in [0.2, 0.25) is 0 Å². The van der Waals surface area contributed by atoms with E-state index in [-0.39, 0.29) is 0 Å². The number of hydrogen-bond acceptors (Lipinski definition) is 1. The second kappa shape index (κ2) is 7.01.